The van der Waals surface area contributed by atoms with Gasteiger partial charge in [-0.15, -0.1) is 24.0 Å². The second kappa shape index (κ2) is 12.4. The average Bonchev–Trinajstić information content (AvgIpc) is 3.14. The van der Waals surface area contributed by atoms with Crippen LogP contribution in [-0.2, 0) is 26.7 Å². The molecule has 2 heterocycles. The SMILES string of the molecule is CN=C(NCc1ccc(OCc2ccccn2)cc1)N(C)Cc1cn(C)nc1C(C)C.I. The number of guanidine groups is 1. The molecule has 0 aliphatic rings. The molecule has 2 aromatic heterocycles. The maximum Gasteiger partial charge on any atom is 0.193 e. The molecule has 0 unspecified atom stereocenters. The van der Waals surface area contributed by atoms with E-state index in [1.165, 1.54) is 5.56 Å². The van der Waals surface area contributed by atoms with Gasteiger partial charge in [-0.2, -0.15) is 5.10 Å². The van der Waals surface area contributed by atoms with E-state index < -0.39 is 0 Å². The Morgan fingerprint density at radius 3 is 2.56 bits per heavy atom. The van der Waals surface area contributed by atoms with Crippen LogP contribution in [-0.4, -0.2) is 39.7 Å². The van der Waals surface area contributed by atoms with Gasteiger partial charge in [0.25, 0.3) is 0 Å². The molecule has 0 radical (unpaired) electrons. The van der Waals surface area contributed by atoms with Crippen LogP contribution in [0.5, 0.6) is 5.75 Å². The van der Waals surface area contributed by atoms with Crippen molar-refractivity contribution in [1.29, 1.82) is 0 Å². The Morgan fingerprint density at radius 1 is 1.19 bits per heavy atom. The van der Waals surface area contributed by atoms with Gasteiger partial charge in [0.15, 0.2) is 5.96 Å². The lowest BCUT2D eigenvalue weighted by Gasteiger charge is -2.22. The molecular weight excluding hydrogens is 515 g/mol. The van der Waals surface area contributed by atoms with Crippen LogP contribution in [0.4, 0.5) is 0 Å². The van der Waals surface area contributed by atoms with Gasteiger partial charge < -0.3 is 15.0 Å². The van der Waals surface area contributed by atoms with E-state index >= 15 is 0 Å². The molecule has 0 saturated carbocycles. The normalized spacial score (nSPS) is 11.2. The van der Waals surface area contributed by atoms with Crippen molar-refractivity contribution in [3.8, 4) is 5.75 Å². The minimum Gasteiger partial charge on any atom is -0.487 e. The first-order valence-electron chi connectivity index (χ1n) is 10.5. The molecule has 1 N–H and O–H groups in total. The minimum atomic E-state index is 0. The standard InChI is InChI=1S/C24H32N6O.HI/c1-18(2)23-20(16-30(5)28-23)15-29(4)24(25-3)27-14-19-9-11-22(12-10-19)31-17-21-8-6-7-13-26-21;/h6-13,16,18H,14-15,17H2,1-5H3,(H,25,27);1H. The molecule has 32 heavy (non-hydrogen) atoms. The maximum absolute atomic E-state index is 5.81. The first-order chi connectivity index (χ1) is 15.0. The number of nitrogens with one attached hydrogen (secondary N) is 1. The van der Waals surface area contributed by atoms with Crippen LogP contribution in [0.2, 0.25) is 0 Å². The Kier molecular flexibility index (Phi) is 9.96. The van der Waals surface area contributed by atoms with E-state index in [-0.39, 0.29) is 24.0 Å². The number of halogens is 1. The van der Waals surface area contributed by atoms with Crippen molar-refractivity contribution in [2.75, 3.05) is 14.1 Å². The summed E-state index contributed by atoms with van der Waals surface area (Å²) in [6, 6.07) is 13.9. The highest BCUT2D eigenvalue weighted by Crippen LogP contribution is 2.19. The average molecular weight is 548 g/mol. The summed E-state index contributed by atoms with van der Waals surface area (Å²) in [7, 11) is 5.81. The first-order valence-corrected chi connectivity index (χ1v) is 10.5. The predicted molar refractivity (Wildman–Crippen MR) is 139 cm³/mol. The van der Waals surface area contributed by atoms with E-state index in [2.05, 4.69) is 57.5 Å². The van der Waals surface area contributed by atoms with E-state index in [1.54, 1.807) is 13.2 Å². The molecule has 0 aliphatic heterocycles. The third-order valence-electron chi connectivity index (χ3n) is 4.95. The molecule has 3 aromatic rings. The highest BCUT2D eigenvalue weighted by molar-refractivity contribution is 14.0. The van der Waals surface area contributed by atoms with Gasteiger partial charge >= 0.3 is 0 Å². The summed E-state index contributed by atoms with van der Waals surface area (Å²) in [5.41, 5.74) is 4.42. The molecular formula is C24H33IN6O. The fourth-order valence-electron chi connectivity index (χ4n) is 3.40. The second-order valence-electron chi connectivity index (χ2n) is 7.88. The lowest BCUT2D eigenvalue weighted by molar-refractivity contribution is 0.301. The molecule has 0 bridgehead atoms. The molecule has 0 amide bonds. The molecule has 0 atom stereocenters. The zero-order chi connectivity index (χ0) is 22.2. The smallest absolute Gasteiger partial charge is 0.193 e. The minimum absolute atomic E-state index is 0. The lowest BCUT2D eigenvalue weighted by Crippen LogP contribution is -2.38. The summed E-state index contributed by atoms with van der Waals surface area (Å²) in [6.07, 6.45) is 3.86. The van der Waals surface area contributed by atoms with E-state index in [1.807, 2.05) is 49.1 Å². The molecule has 7 nitrogen and oxygen atoms in total. The van der Waals surface area contributed by atoms with Gasteiger partial charge in [0.1, 0.15) is 12.4 Å². The van der Waals surface area contributed by atoms with Gasteiger partial charge in [-0.3, -0.25) is 14.7 Å². The maximum atomic E-state index is 5.81. The Bertz CT molecular complexity index is 985. The van der Waals surface area contributed by atoms with Crippen LogP contribution in [0, 0.1) is 0 Å². The Labute approximate surface area is 207 Å². The number of pyridine rings is 1. The van der Waals surface area contributed by atoms with Gasteiger partial charge in [-0.05, 0) is 35.7 Å². The third-order valence-corrected chi connectivity index (χ3v) is 4.95. The van der Waals surface area contributed by atoms with Gasteiger partial charge in [0, 0.05) is 52.2 Å². The van der Waals surface area contributed by atoms with E-state index in [4.69, 9.17) is 4.74 Å². The van der Waals surface area contributed by atoms with E-state index in [0.717, 1.165) is 35.2 Å². The van der Waals surface area contributed by atoms with Crippen molar-refractivity contribution in [3.05, 3.63) is 77.4 Å². The topological polar surface area (TPSA) is 67.6 Å². The number of ether oxygens (including phenoxy) is 1. The number of rotatable bonds is 8. The number of hydrogen-bond donors (Lipinski definition) is 1. The van der Waals surface area contributed by atoms with Gasteiger partial charge in [-0.25, -0.2) is 0 Å². The second-order valence-corrected chi connectivity index (χ2v) is 7.88. The summed E-state index contributed by atoms with van der Waals surface area (Å²) in [4.78, 5) is 10.8. The fourth-order valence-corrected chi connectivity index (χ4v) is 3.40. The predicted octanol–water partition coefficient (Wildman–Crippen LogP) is 4.34. The number of benzene rings is 1. The largest absolute Gasteiger partial charge is 0.487 e. The van der Waals surface area contributed by atoms with Crippen LogP contribution >= 0.6 is 24.0 Å². The molecule has 172 valence electrons. The summed E-state index contributed by atoms with van der Waals surface area (Å²) in [5, 5.41) is 8.03. The zero-order valence-corrected chi connectivity index (χ0v) is 21.8. The molecule has 3 rings (SSSR count). The molecule has 0 fully saturated rings. The molecule has 0 saturated heterocycles. The van der Waals surface area contributed by atoms with E-state index in [0.29, 0.717) is 19.1 Å². The van der Waals surface area contributed by atoms with Crippen molar-refractivity contribution in [3.63, 3.8) is 0 Å². The molecule has 0 aliphatic carbocycles. The van der Waals surface area contributed by atoms with Crippen LogP contribution in [0.3, 0.4) is 0 Å². The van der Waals surface area contributed by atoms with Crippen molar-refractivity contribution in [2.24, 2.45) is 12.0 Å². The first kappa shape index (κ1) is 25.6. The number of aromatic nitrogens is 3. The molecule has 8 heteroatoms. The Balaban J connectivity index is 0.00000363. The van der Waals surface area contributed by atoms with Crippen molar-refractivity contribution < 1.29 is 4.74 Å². The van der Waals surface area contributed by atoms with Gasteiger partial charge in [0.05, 0.1) is 11.4 Å². The van der Waals surface area contributed by atoms with Gasteiger partial charge in [0.2, 0.25) is 0 Å². The summed E-state index contributed by atoms with van der Waals surface area (Å²) >= 11 is 0. The van der Waals surface area contributed by atoms with Crippen LogP contribution < -0.4 is 10.1 Å². The van der Waals surface area contributed by atoms with Crippen molar-refractivity contribution in [1.82, 2.24) is 25.0 Å². The monoisotopic (exact) mass is 548 g/mol. The summed E-state index contributed by atoms with van der Waals surface area (Å²) < 4.78 is 7.69. The van der Waals surface area contributed by atoms with Crippen molar-refractivity contribution >= 4 is 29.9 Å². The lowest BCUT2D eigenvalue weighted by atomic mass is 10.1. The van der Waals surface area contributed by atoms with E-state index in [9.17, 15) is 0 Å². The van der Waals surface area contributed by atoms with Crippen LogP contribution in [0.1, 0.15) is 42.3 Å². The molecule has 1 aromatic carbocycles. The number of hydrogen-bond acceptors (Lipinski definition) is 4. The van der Waals surface area contributed by atoms with Crippen molar-refractivity contribution in [2.45, 2.75) is 39.5 Å². The van der Waals surface area contributed by atoms with Crippen LogP contribution in [0.25, 0.3) is 0 Å². The zero-order valence-electron chi connectivity index (χ0n) is 19.4. The number of nitrogens with zero attached hydrogens (tertiary/aromatic N) is 5. The third kappa shape index (κ3) is 7.22. The fraction of sp³-hybridized carbons (Fsp3) is 0.375. The van der Waals surface area contributed by atoms with Gasteiger partial charge in [-0.1, -0.05) is 32.0 Å². The number of aliphatic imine (C=N–C) groups is 1. The Hall–Kier alpha value is -2.62. The quantitative estimate of drug-likeness (QED) is 0.258. The highest BCUT2D eigenvalue weighted by atomic mass is 127. The van der Waals surface area contributed by atoms with Crippen LogP contribution in [0.15, 0.2) is 59.9 Å². The number of aryl methyl sites for hydroxylation is 1. The summed E-state index contributed by atoms with van der Waals surface area (Å²) in [5.74, 6) is 2.06. The Morgan fingerprint density at radius 2 is 1.94 bits per heavy atom. The summed E-state index contributed by atoms with van der Waals surface area (Å²) in [6.45, 7) is 6.23. The molecule has 0 spiro atoms. The highest BCUT2D eigenvalue weighted by Gasteiger charge is 2.15.